The summed E-state index contributed by atoms with van der Waals surface area (Å²) in [6.07, 6.45) is 0.163. The number of carbonyl (C=O) groups excluding carboxylic acids is 1. The summed E-state index contributed by atoms with van der Waals surface area (Å²) in [6.45, 7) is 1.90. The Morgan fingerprint density at radius 3 is 2.40 bits per heavy atom. The van der Waals surface area contributed by atoms with Gasteiger partial charge in [-0.15, -0.1) is 0 Å². The van der Waals surface area contributed by atoms with E-state index in [1.54, 1.807) is 12.1 Å². The number of hydrogen-bond acceptors (Lipinski definition) is 3. The van der Waals surface area contributed by atoms with Gasteiger partial charge in [0.2, 0.25) is 15.9 Å². The van der Waals surface area contributed by atoms with Gasteiger partial charge in [-0.2, -0.15) is 4.72 Å². The molecule has 1 atom stereocenters. The fraction of sp³-hybridized carbons (Fsp3) is 0.136. The van der Waals surface area contributed by atoms with Crippen molar-refractivity contribution >= 4 is 44.8 Å². The summed E-state index contributed by atoms with van der Waals surface area (Å²) in [5.74, 6) is -0.480. The van der Waals surface area contributed by atoms with Gasteiger partial charge in [-0.05, 0) is 54.8 Å². The first-order valence-corrected chi connectivity index (χ1v) is 11.4. The number of carbonyl (C=O) groups is 1. The molecule has 2 N–H and O–H groups in total. The lowest BCUT2D eigenvalue weighted by molar-refractivity contribution is -0.117. The number of sulfonamides is 1. The van der Waals surface area contributed by atoms with Crippen molar-refractivity contribution in [3.63, 3.8) is 0 Å². The van der Waals surface area contributed by atoms with Crippen LogP contribution < -0.4 is 10.0 Å². The summed E-state index contributed by atoms with van der Waals surface area (Å²) >= 11 is 12.0. The zero-order valence-electron chi connectivity index (χ0n) is 16.1. The Kier molecular flexibility index (Phi) is 7.15. The molecular weight excluding hydrogens is 443 g/mol. The molecule has 0 spiro atoms. The molecule has 0 heterocycles. The van der Waals surface area contributed by atoms with Gasteiger partial charge >= 0.3 is 0 Å². The Morgan fingerprint density at radius 1 is 0.967 bits per heavy atom. The van der Waals surface area contributed by atoms with Crippen LogP contribution in [0.5, 0.6) is 0 Å². The second-order valence-electron chi connectivity index (χ2n) is 6.80. The van der Waals surface area contributed by atoms with Gasteiger partial charge in [0.1, 0.15) is 10.9 Å². The van der Waals surface area contributed by atoms with Crippen LogP contribution in [0.4, 0.5) is 5.69 Å². The van der Waals surface area contributed by atoms with Gasteiger partial charge < -0.3 is 5.32 Å². The van der Waals surface area contributed by atoms with E-state index in [9.17, 15) is 13.2 Å². The lowest BCUT2D eigenvalue weighted by Crippen LogP contribution is -2.45. The maximum atomic E-state index is 13.0. The second-order valence-corrected chi connectivity index (χ2v) is 9.32. The smallest absolute Gasteiger partial charge is 0.242 e. The van der Waals surface area contributed by atoms with Gasteiger partial charge in [0.25, 0.3) is 0 Å². The van der Waals surface area contributed by atoms with Crippen LogP contribution in [0.25, 0.3) is 0 Å². The highest BCUT2D eigenvalue weighted by Crippen LogP contribution is 2.25. The molecule has 0 aliphatic carbocycles. The molecule has 0 fully saturated rings. The summed E-state index contributed by atoms with van der Waals surface area (Å²) in [6, 6.07) is 19.5. The Bertz CT molecular complexity index is 1150. The van der Waals surface area contributed by atoms with Crippen molar-refractivity contribution in [2.75, 3.05) is 5.32 Å². The van der Waals surface area contributed by atoms with E-state index in [0.29, 0.717) is 5.69 Å². The average molecular weight is 463 g/mol. The van der Waals surface area contributed by atoms with Crippen molar-refractivity contribution in [3.8, 4) is 0 Å². The number of nitrogens with one attached hydrogen (secondary N) is 2. The van der Waals surface area contributed by atoms with Crippen molar-refractivity contribution in [3.05, 3.63) is 94.0 Å². The topological polar surface area (TPSA) is 75.3 Å². The molecule has 0 saturated carbocycles. The highest BCUT2D eigenvalue weighted by Gasteiger charge is 2.28. The predicted molar refractivity (Wildman–Crippen MR) is 121 cm³/mol. The molecule has 0 radical (unpaired) electrons. The zero-order valence-corrected chi connectivity index (χ0v) is 18.4. The largest absolute Gasteiger partial charge is 0.325 e. The van der Waals surface area contributed by atoms with E-state index in [1.807, 2.05) is 49.4 Å². The summed E-state index contributed by atoms with van der Waals surface area (Å²) in [4.78, 5) is 12.8. The van der Waals surface area contributed by atoms with Crippen LogP contribution in [0.3, 0.4) is 0 Å². The van der Waals surface area contributed by atoms with E-state index < -0.39 is 22.0 Å². The number of hydrogen-bond donors (Lipinski definition) is 2. The molecule has 156 valence electrons. The normalized spacial score (nSPS) is 12.4. The van der Waals surface area contributed by atoms with Gasteiger partial charge in [0.05, 0.1) is 5.02 Å². The van der Waals surface area contributed by atoms with Gasteiger partial charge in [0.15, 0.2) is 0 Å². The number of anilines is 1. The van der Waals surface area contributed by atoms with E-state index in [2.05, 4.69) is 10.0 Å². The maximum Gasteiger partial charge on any atom is 0.242 e. The minimum Gasteiger partial charge on any atom is -0.325 e. The lowest BCUT2D eigenvalue weighted by Gasteiger charge is -2.19. The van der Waals surface area contributed by atoms with Crippen LogP contribution in [0.2, 0.25) is 10.0 Å². The van der Waals surface area contributed by atoms with Crippen LogP contribution in [-0.4, -0.2) is 20.4 Å². The molecule has 0 aliphatic heterocycles. The molecule has 1 amide bonds. The summed E-state index contributed by atoms with van der Waals surface area (Å²) in [5, 5.41) is 3.02. The first-order chi connectivity index (χ1) is 14.2. The fourth-order valence-electron chi connectivity index (χ4n) is 2.92. The first-order valence-electron chi connectivity index (χ1n) is 9.13. The monoisotopic (exact) mass is 462 g/mol. The minimum atomic E-state index is -4.11. The molecule has 3 rings (SSSR count). The van der Waals surface area contributed by atoms with Crippen LogP contribution in [0.15, 0.2) is 77.7 Å². The van der Waals surface area contributed by atoms with E-state index in [0.717, 1.165) is 11.1 Å². The van der Waals surface area contributed by atoms with Crippen molar-refractivity contribution in [2.24, 2.45) is 0 Å². The van der Waals surface area contributed by atoms with Crippen LogP contribution in [0, 0.1) is 6.92 Å². The number of amides is 1. The molecule has 3 aromatic carbocycles. The summed E-state index contributed by atoms with van der Waals surface area (Å²) in [5.41, 5.74) is 2.36. The molecule has 5 nitrogen and oxygen atoms in total. The van der Waals surface area contributed by atoms with Gasteiger partial charge in [-0.25, -0.2) is 8.42 Å². The van der Waals surface area contributed by atoms with E-state index in [1.165, 1.54) is 18.2 Å². The number of rotatable bonds is 7. The number of halogens is 2. The fourth-order valence-corrected chi connectivity index (χ4v) is 4.88. The standard InChI is InChI=1S/C22H20Cl2N2O3S/c1-15-6-5-9-18(12-15)25-22(27)20(13-16-7-3-2-4-8-16)26-30(28,29)21-14-17(23)10-11-19(21)24/h2-12,14,20,26H,13H2,1H3,(H,25,27)/t20-/m1/s1. The van der Waals surface area contributed by atoms with Crippen molar-refractivity contribution in [1.29, 1.82) is 0 Å². The third-order valence-electron chi connectivity index (χ3n) is 4.36. The maximum absolute atomic E-state index is 13.0. The molecule has 30 heavy (non-hydrogen) atoms. The third-order valence-corrected chi connectivity index (χ3v) is 6.55. The number of aryl methyl sites for hydroxylation is 1. The Hall–Kier alpha value is -2.38. The molecule has 3 aromatic rings. The van der Waals surface area contributed by atoms with Crippen molar-refractivity contribution in [1.82, 2.24) is 4.72 Å². The zero-order chi connectivity index (χ0) is 21.7. The number of benzene rings is 3. The van der Waals surface area contributed by atoms with Crippen LogP contribution in [0.1, 0.15) is 11.1 Å². The van der Waals surface area contributed by atoms with E-state index in [-0.39, 0.29) is 21.4 Å². The first kappa shape index (κ1) is 22.3. The van der Waals surface area contributed by atoms with Crippen molar-refractivity contribution < 1.29 is 13.2 Å². The molecule has 0 saturated heterocycles. The average Bonchev–Trinajstić information content (AvgIpc) is 2.70. The van der Waals surface area contributed by atoms with Gasteiger partial charge in [0, 0.05) is 10.7 Å². The highest BCUT2D eigenvalue weighted by atomic mass is 35.5. The molecule has 0 unspecified atom stereocenters. The Morgan fingerprint density at radius 2 is 1.70 bits per heavy atom. The summed E-state index contributed by atoms with van der Waals surface area (Å²) < 4.78 is 28.4. The molecule has 0 bridgehead atoms. The van der Waals surface area contributed by atoms with E-state index >= 15 is 0 Å². The third kappa shape index (κ3) is 5.83. The minimum absolute atomic E-state index is 0.0180. The Balaban J connectivity index is 1.90. The quantitative estimate of drug-likeness (QED) is 0.527. The SMILES string of the molecule is Cc1cccc(NC(=O)[C@@H](Cc2ccccc2)NS(=O)(=O)c2cc(Cl)ccc2Cl)c1. The van der Waals surface area contributed by atoms with Crippen LogP contribution >= 0.6 is 23.2 Å². The second kappa shape index (κ2) is 9.62. The Labute approximate surface area is 186 Å². The van der Waals surface area contributed by atoms with Crippen molar-refractivity contribution in [2.45, 2.75) is 24.3 Å². The van der Waals surface area contributed by atoms with Crippen LogP contribution in [-0.2, 0) is 21.2 Å². The lowest BCUT2D eigenvalue weighted by atomic mass is 10.1. The molecule has 0 aliphatic rings. The highest BCUT2D eigenvalue weighted by molar-refractivity contribution is 7.89. The molecule has 0 aromatic heterocycles. The van der Waals surface area contributed by atoms with Gasteiger partial charge in [-0.3, -0.25) is 4.79 Å². The molecule has 8 heteroatoms. The summed E-state index contributed by atoms with van der Waals surface area (Å²) in [7, 11) is -4.11. The van der Waals surface area contributed by atoms with Gasteiger partial charge in [-0.1, -0.05) is 65.7 Å². The predicted octanol–water partition coefficient (Wildman–Crippen LogP) is 4.83. The van der Waals surface area contributed by atoms with E-state index in [4.69, 9.17) is 23.2 Å². The molecular formula is C22H20Cl2N2O3S.